The van der Waals surface area contributed by atoms with E-state index in [9.17, 15) is 4.79 Å². The Bertz CT molecular complexity index is 951. The predicted molar refractivity (Wildman–Crippen MR) is 114 cm³/mol. The van der Waals surface area contributed by atoms with Crippen molar-refractivity contribution in [3.8, 4) is 17.1 Å². The third-order valence-corrected chi connectivity index (χ3v) is 5.77. The van der Waals surface area contributed by atoms with Crippen molar-refractivity contribution in [2.45, 2.75) is 31.0 Å². The molecular formula is C22H24N4O2S. The molecule has 0 spiro atoms. The Hall–Kier alpha value is -2.64. The predicted octanol–water partition coefficient (Wildman–Crippen LogP) is 3.63. The van der Waals surface area contributed by atoms with E-state index >= 15 is 0 Å². The molecule has 2 heterocycles. The SMILES string of the molecule is Cc1ccc(-c2nnc(SCC(=O)NC[C@@H]3CCCO3)n2-c2ccccc2)cc1. The lowest BCUT2D eigenvalue weighted by molar-refractivity contribution is -0.119. The summed E-state index contributed by atoms with van der Waals surface area (Å²) in [4.78, 5) is 12.3. The number of aryl methyl sites for hydroxylation is 1. The summed E-state index contributed by atoms with van der Waals surface area (Å²) in [5.41, 5.74) is 3.15. The van der Waals surface area contributed by atoms with E-state index < -0.39 is 0 Å². The molecule has 1 saturated heterocycles. The molecule has 3 aromatic rings. The molecule has 0 radical (unpaired) electrons. The molecule has 1 atom stereocenters. The highest BCUT2D eigenvalue weighted by molar-refractivity contribution is 7.99. The van der Waals surface area contributed by atoms with Gasteiger partial charge in [0, 0.05) is 24.4 Å². The minimum absolute atomic E-state index is 0.0232. The Kier molecular flexibility index (Phi) is 6.27. The van der Waals surface area contributed by atoms with E-state index in [-0.39, 0.29) is 17.8 Å². The fourth-order valence-electron chi connectivity index (χ4n) is 3.28. The monoisotopic (exact) mass is 408 g/mol. The summed E-state index contributed by atoms with van der Waals surface area (Å²) in [6.45, 7) is 3.42. The first-order valence-electron chi connectivity index (χ1n) is 9.79. The molecule has 29 heavy (non-hydrogen) atoms. The highest BCUT2D eigenvalue weighted by atomic mass is 32.2. The molecule has 0 aliphatic carbocycles. The van der Waals surface area contributed by atoms with Crippen molar-refractivity contribution in [1.82, 2.24) is 20.1 Å². The van der Waals surface area contributed by atoms with E-state index in [1.54, 1.807) is 0 Å². The van der Waals surface area contributed by atoms with Gasteiger partial charge in [-0.05, 0) is 31.9 Å². The van der Waals surface area contributed by atoms with Gasteiger partial charge in [-0.25, -0.2) is 0 Å². The maximum Gasteiger partial charge on any atom is 0.230 e. The average Bonchev–Trinajstić information content (AvgIpc) is 3.42. The zero-order valence-corrected chi connectivity index (χ0v) is 17.2. The summed E-state index contributed by atoms with van der Waals surface area (Å²) >= 11 is 1.39. The Morgan fingerprint density at radius 1 is 1.17 bits per heavy atom. The molecule has 1 N–H and O–H groups in total. The Balaban J connectivity index is 1.52. The second kappa shape index (κ2) is 9.24. The van der Waals surface area contributed by atoms with E-state index in [1.807, 2.05) is 47.0 Å². The van der Waals surface area contributed by atoms with Crippen LogP contribution in [0.25, 0.3) is 17.1 Å². The van der Waals surface area contributed by atoms with Gasteiger partial charge in [-0.2, -0.15) is 0 Å². The topological polar surface area (TPSA) is 69.0 Å². The maximum absolute atomic E-state index is 12.3. The largest absolute Gasteiger partial charge is 0.376 e. The van der Waals surface area contributed by atoms with Crippen LogP contribution < -0.4 is 5.32 Å². The quantitative estimate of drug-likeness (QED) is 0.605. The van der Waals surface area contributed by atoms with Crippen LogP contribution in [0, 0.1) is 6.92 Å². The van der Waals surface area contributed by atoms with Gasteiger partial charge < -0.3 is 10.1 Å². The number of carbonyl (C=O) groups is 1. The molecule has 1 aliphatic heterocycles. The number of ether oxygens (including phenoxy) is 1. The van der Waals surface area contributed by atoms with E-state index in [2.05, 4.69) is 34.6 Å². The highest BCUT2D eigenvalue weighted by Crippen LogP contribution is 2.28. The molecule has 1 fully saturated rings. The third kappa shape index (κ3) is 4.86. The number of thioether (sulfide) groups is 1. The lowest BCUT2D eigenvalue weighted by Crippen LogP contribution is -2.32. The maximum atomic E-state index is 12.3. The van der Waals surface area contributed by atoms with Gasteiger partial charge in [-0.15, -0.1) is 10.2 Å². The van der Waals surface area contributed by atoms with Crippen LogP contribution in [0.4, 0.5) is 0 Å². The van der Waals surface area contributed by atoms with Crippen molar-refractivity contribution >= 4 is 17.7 Å². The summed E-state index contributed by atoms with van der Waals surface area (Å²) < 4.78 is 7.56. The number of aromatic nitrogens is 3. The van der Waals surface area contributed by atoms with Crippen LogP contribution in [-0.2, 0) is 9.53 Å². The van der Waals surface area contributed by atoms with E-state index in [4.69, 9.17) is 4.74 Å². The number of nitrogens with one attached hydrogen (secondary N) is 1. The van der Waals surface area contributed by atoms with Crippen LogP contribution >= 0.6 is 11.8 Å². The van der Waals surface area contributed by atoms with Crippen molar-refractivity contribution in [1.29, 1.82) is 0 Å². The number of hydrogen-bond acceptors (Lipinski definition) is 5. The highest BCUT2D eigenvalue weighted by Gasteiger charge is 2.19. The summed E-state index contributed by atoms with van der Waals surface area (Å²) in [5, 5.41) is 12.4. The summed E-state index contributed by atoms with van der Waals surface area (Å²) in [7, 11) is 0. The standard InChI is InChI=1S/C22H24N4O2S/c1-16-9-11-17(12-10-16)21-24-25-22(26(21)18-6-3-2-4-7-18)29-15-20(27)23-14-19-8-5-13-28-19/h2-4,6-7,9-12,19H,5,8,13-15H2,1H3,(H,23,27)/t19-/m0/s1. The number of para-hydroxylation sites is 1. The van der Waals surface area contributed by atoms with Gasteiger partial charge in [0.25, 0.3) is 0 Å². The molecule has 0 unspecified atom stereocenters. The molecule has 6 nitrogen and oxygen atoms in total. The van der Waals surface area contributed by atoms with Gasteiger partial charge in [-0.3, -0.25) is 9.36 Å². The summed E-state index contributed by atoms with van der Waals surface area (Å²) in [5.74, 6) is 1.02. The molecule has 1 aromatic heterocycles. The minimum Gasteiger partial charge on any atom is -0.376 e. The van der Waals surface area contributed by atoms with Gasteiger partial charge in [0.2, 0.25) is 5.91 Å². The van der Waals surface area contributed by atoms with Gasteiger partial charge >= 0.3 is 0 Å². The first-order chi connectivity index (χ1) is 14.2. The van der Waals surface area contributed by atoms with Gasteiger partial charge in [0.1, 0.15) is 0 Å². The number of hydrogen-bond donors (Lipinski definition) is 1. The van der Waals surface area contributed by atoms with Gasteiger partial charge in [0.15, 0.2) is 11.0 Å². The zero-order valence-electron chi connectivity index (χ0n) is 16.4. The second-order valence-corrected chi connectivity index (χ2v) is 8.01. The number of carbonyl (C=O) groups excluding carboxylic acids is 1. The third-order valence-electron chi connectivity index (χ3n) is 4.84. The first-order valence-corrected chi connectivity index (χ1v) is 10.8. The van der Waals surface area contributed by atoms with Crippen LogP contribution in [0.1, 0.15) is 18.4 Å². The molecule has 4 rings (SSSR count). The first kappa shape index (κ1) is 19.7. The summed E-state index contributed by atoms with van der Waals surface area (Å²) in [6.07, 6.45) is 2.22. The minimum atomic E-state index is -0.0232. The number of amides is 1. The normalized spacial score (nSPS) is 16.1. The molecule has 7 heteroatoms. The molecular weight excluding hydrogens is 384 g/mol. The van der Waals surface area contributed by atoms with Gasteiger partial charge in [-0.1, -0.05) is 59.8 Å². The van der Waals surface area contributed by atoms with Crippen LogP contribution in [0.15, 0.2) is 59.8 Å². The van der Waals surface area contributed by atoms with Crippen LogP contribution in [0.2, 0.25) is 0 Å². The van der Waals surface area contributed by atoms with Crippen LogP contribution in [-0.4, -0.2) is 45.7 Å². The molecule has 150 valence electrons. The van der Waals surface area contributed by atoms with E-state index in [0.717, 1.165) is 36.5 Å². The number of rotatable bonds is 7. The molecule has 0 bridgehead atoms. The van der Waals surface area contributed by atoms with Crippen molar-refractivity contribution in [2.24, 2.45) is 0 Å². The number of benzene rings is 2. The molecule has 2 aromatic carbocycles. The Labute approximate surface area is 174 Å². The van der Waals surface area contributed by atoms with E-state index in [0.29, 0.717) is 11.7 Å². The fourth-order valence-corrected chi connectivity index (χ4v) is 4.06. The van der Waals surface area contributed by atoms with E-state index in [1.165, 1.54) is 17.3 Å². The smallest absolute Gasteiger partial charge is 0.230 e. The lowest BCUT2D eigenvalue weighted by atomic mass is 10.1. The average molecular weight is 409 g/mol. The molecule has 1 amide bonds. The van der Waals surface area contributed by atoms with Crippen molar-refractivity contribution < 1.29 is 9.53 Å². The fraction of sp³-hybridized carbons (Fsp3) is 0.318. The van der Waals surface area contributed by atoms with Crippen molar-refractivity contribution in [3.63, 3.8) is 0 Å². The summed E-state index contributed by atoms with van der Waals surface area (Å²) in [6, 6.07) is 18.2. The Morgan fingerprint density at radius 2 is 1.97 bits per heavy atom. The molecule has 1 aliphatic rings. The molecule has 0 saturated carbocycles. The zero-order chi connectivity index (χ0) is 20.1. The second-order valence-electron chi connectivity index (χ2n) is 7.07. The lowest BCUT2D eigenvalue weighted by Gasteiger charge is -2.12. The van der Waals surface area contributed by atoms with Crippen molar-refractivity contribution in [3.05, 3.63) is 60.2 Å². The van der Waals surface area contributed by atoms with Gasteiger partial charge in [0.05, 0.1) is 11.9 Å². The van der Waals surface area contributed by atoms with Crippen molar-refractivity contribution in [2.75, 3.05) is 18.9 Å². The number of nitrogens with zero attached hydrogens (tertiary/aromatic N) is 3. The van der Waals surface area contributed by atoms with Crippen LogP contribution in [0.5, 0.6) is 0 Å². The van der Waals surface area contributed by atoms with Crippen LogP contribution in [0.3, 0.4) is 0 Å². The Morgan fingerprint density at radius 3 is 2.69 bits per heavy atom.